The van der Waals surface area contributed by atoms with E-state index in [9.17, 15) is 27.2 Å². The predicted molar refractivity (Wildman–Crippen MR) is 137 cm³/mol. The van der Waals surface area contributed by atoms with Crippen molar-refractivity contribution in [2.24, 2.45) is 7.05 Å². The molecule has 11 nitrogen and oxygen atoms in total. The van der Waals surface area contributed by atoms with Gasteiger partial charge in [0.05, 0.1) is 34.3 Å². The summed E-state index contributed by atoms with van der Waals surface area (Å²) in [5.41, 5.74) is -1.60. The molecule has 0 saturated heterocycles. The fraction of sp³-hybridized carbons (Fsp3) is 0.217. The summed E-state index contributed by atoms with van der Waals surface area (Å²) < 4.78 is 58.1. The normalized spacial score (nSPS) is 11.6. The van der Waals surface area contributed by atoms with Crippen LogP contribution in [-0.4, -0.2) is 45.1 Å². The van der Waals surface area contributed by atoms with Gasteiger partial charge in [0.15, 0.2) is 5.82 Å². The highest BCUT2D eigenvalue weighted by atomic mass is 35.5. The third-order valence-corrected chi connectivity index (χ3v) is 6.33. The number of aromatic nitrogens is 8. The number of halogens is 6. The lowest BCUT2D eigenvalue weighted by Crippen LogP contribution is -2.43. The molecule has 0 aliphatic carbocycles. The lowest BCUT2D eigenvalue weighted by molar-refractivity contribution is 0.122. The second-order valence-electron chi connectivity index (χ2n) is 8.62. The van der Waals surface area contributed by atoms with Crippen molar-refractivity contribution in [2.75, 3.05) is 5.32 Å². The number of aryl methyl sites for hydroxylation is 1. The molecule has 40 heavy (non-hydrogen) atoms. The minimum Gasteiger partial charge on any atom is -0.324 e. The molecule has 1 N–H and O–H groups in total. The highest BCUT2D eigenvalue weighted by Gasteiger charge is 2.19. The molecular weight excluding hydrogens is 581 g/mol. The van der Waals surface area contributed by atoms with Gasteiger partial charge in [0.2, 0.25) is 5.95 Å². The van der Waals surface area contributed by atoms with Crippen LogP contribution in [0.1, 0.15) is 11.4 Å². The van der Waals surface area contributed by atoms with Crippen molar-refractivity contribution in [2.45, 2.75) is 26.1 Å². The molecule has 0 amide bonds. The van der Waals surface area contributed by atoms with E-state index in [1.165, 1.54) is 29.3 Å². The van der Waals surface area contributed by atoms with E-state index < -0.39 is 42.5 Å². The van der Waals surface area contributed by atoms with Crippen molar-refractivity contribution < 1.29 is 17.6 Å². The van der Waals surface area contributed by atoms with Crippen molar-refractivity contribution in [3.05, 3.63) is 90.8 Å². The second kappa shape index (κ2) is 10.7. The average molecular weight is 598 g/mol. The zero-order valence-electron chi connectivity index (χ0n) is 20.3. The zero-order valence-corrected chi connectivity index (χ0v) is 21.8. The van der Waals surface area contributed by atoms with Gasteiger partial charge in [-0.2, -0.15) is 15.2 Å². The van der Waals surface area contributed by atoms with Crippen molar-refractivity contribution in [3.63, 3.8) is 0 Å². The lowest BCUT2D eigenvalue weighted by Gasteiger charge is -2.16. The number of anilines is 2. The van der Waals surface area contributed by atoms with Crippen molar-refractivity contribution in [3.8, 4) is 0 Å². The van der Waals surface area contributed by atoms with Gasteiger partial charge in [0, 0.05) is 30.3 Å². The van der Waals surface area contributed by atoms with Gasteiger partial charge in [-0.1, -0.05) is 23.2 Å². The maximum Gasteiger partial charge on any atom is 0.355 e. The summed E-state index contributed by atoms with van der Waals surface area (Å²) in [4.78, 5) is 34.4. The molecule has 0 bridgehead atoms. The largest absolute Gasteiger partial charge is 0.355 e. The first kappa shape index (κ1) is 27.3. The van der Waals surface area contributed by atoms with Gasteiger partial charge in [-0.05, 0) is 18.2 Å². The first-order valence-corrected chi connectivity index (χ1v) is 12.2. The van der Waals surface area contributed by atoms with Crippen LogP contribution in [0.5, 0.6) is 0 Å². The van der Waals surface area contributed by atoms with E-state index >= 15 is 0 Å². The Morgan fingerprint density at radius 3 is 2.45 bits per heavy atom. The highest BCUT2D eigenvalue weighted by molar-refractivity contribution is 6.34. The van der Waals surface area contributed by atoms with E-state index in [4.69, 9.17) is 23.2 Å². The number of alkyl halides is 2. The number of benzene rings is 2. The number of nitrogens with zero attached hydrogens (tertiary/aromatic N) is 8. The molecule has 0 saturated carbocycles. The maximum absolute atomic E-state index is 14.6. The molecule has 0 aliphatic heterocycles. The molecule has 5 aromatic rings. The van der Waals surface area contributed by atoms with Gasteiger partial charge in [0.1, 0.15) is 24.5 Å². The van der Waals surface area contributed by atoms with Crippen LogP contribution in [0.3, 0.4) is 0 Å². The summed E-state index contributed by atoms with van der Waals surface area (Å²) in [6.45, 7) is -1.48. The molecule has 2 aromatic carbocycles. The Labute approximate surface area is 231 Å². The van der Waals surface area contributed by atoms with E-state index in [0.717, 1.165) is 19.9 Å². The van der Waals surface area contributed by atoms with Crippen LogP contribution in [0.4, 0.5) is 29.2 Å². The Morgan fingerprint density at radius 1 is 0.975 bits per heavy atom. The number of rotatable bonds is 8. The van der Waals surface area contributed by atoms with E-state index in [-0.39, 0.29) is 39.6 Å². The molecule has 3 heterocycles. The van der Waals surface area contributed by atoms with E-state index in [1.54, 1.807) is 7.05 Å². The van der Waals surface area contributed by atoms with Gasteiger partial charge in [-0.25, -0.2) is 36.7 Å². The average Bonchev–Trinajstić information content (AvgIpc) is 3.46. The van der Waals surface area contributed by atoms with Crippen LogP contribution in [0.25, 0.3) is 10.9 Å². The minimum atomic E-state index is -2.63. The predicted octanol–water partition coefficient (Wildman–Crippen LogP) is 3.57. The molecule has 208 valence electrons. The molecule has 0 unspecified atom stereocenters. The van der Waals surface area contributed by atoms with Gasteiger partial charge < -0.3 is 5.32 Å². The molecule has 3 aromatic heterocycles. The number of nitrogens with one attached hydrogen (secondary N) is 1. The maximum atomic E-state index is 14.6. The smallest absolute Gasteiger partial charge is 0.324 e. The van der Waals surface area contributed by atoms with Gasteiger partial charge >= 0.3 is 11.4 Å². The molecule has 0 aliphatic rings. The summed E-state index contributed by atoms with van der Waals surface area (Å²) in [7, 11) is 1.60. The SMILES string of the molecule is Cn1cnc(Cn2c(=O)nc(Nc3cc4cn(CC(F)F)nc4cc3Cl)n(Cc3cc(Cl)c(F)cc3F)c2=O)n1. The van der Waals surface area contributed by atoms with E-state index in [1.807, 2.05) is 0 Å². The summed E-state index contributed by atoms with van der Waals surface area (Å²) in [6.07, 6.45) is 0.117. The van der Waals surface area contributed by atoms with Crippen LogP contribution < -0.4 is 16.7 Å². The van der Waals surface area contributed by atoms with Gasteiger partial charge in [-0.15, -0.1) is 0 Å². The highest BCUT2D eigenvalue weighted by Crippen LogP contribution is 2.30. The second-order valence-corrected chi connectivity index (χ2v) is 9.44. The Morgan fingerprint density at radius 2 is 1.75 bits per heavy atom. The number of hydrogen-bond acceptors (Lipinski definition) is 7. The fourth-order valence-electron chi connectivity index (χ4n) is 3.90. The number of fused-ring (bicyclic) bond motifs is 1. The zero-order chi connectivity index (χ0) is 28.7. The van der Waals surface area contributed by atoms with Crippen LogP contribution in [0, 0.1) is 11.6 Å². The Bertz CT molecular complexity index is 1870. The third kappa shape index (κ3) is 5.56. The van der Waals surface area contributed by atoms with Crippen molar-refractivity contribution >= 4 is 45.7 Å². The standard InChI is InChI=1S/C23H17Cl2F4N9O2/c1-35-10-30-20(34-35)9-38-22(39)32-21(37(23(38)40)7-11-2-13(24)16(27)5-15(11)26)31-18-3-12-6-36(8-19(28)29)33-17(12)4-14(18)25/h2-6,10,19H,7-9H2,1H3,(H,31,32,39). The lowest BCUT2D eigenvalue weighted by atomic mass is 10.2. The van der Waals surface area contributed by atoms with E-state index in [0.29, 0.717) is 17.0 Å². The quantitative estimate of drug-likeness (QED) is 0.215. The van der Waals surface area contributed by atoms with Crippen molar-refractivity contribution in [1.29, 1.82) is 0 Å². The monoisotopic (exact) mass is 597 g/mol. The molecular formula is C23H17Cl2F4N9O2. The van der Waals surface area contributed by atoms with Crippen LogP contribution in [-0.2, 0) is 26.7 Å². The first-order valence-electron chi connectivity index (χ1n) is 11.4. The van der Waals surface area contributed by atoms with Crippen LogP contribution in [0.15, 0.2) is 46.4 Å². The summed E-state index contributed by atoms with van der Waals surface area (Å²) >= 11 is 12.2. The van der Waals surface area contributed by atoms with Gasteiger partial charge in [0.25, 0.3) is 6.43 Å². The summed E-state index contributed by atoms with van der Waals surface area (Å²) in [5.74, 6) is -2.18. The number of hydrogen-bond donors (Lipinski definition) is 1. The third-order valence-electron chi connectivity index (χ3n) is 5.73. The van der Waals surface area contributed by atoms with Gasteiger partial charge in [-0.3, -0.25) is 13.9 Å². The fourth-order valence-corrected chi connectivity index (χ4v) is 4.30. The topological polar surface area (TPSA) is 117 Å². The Kier molecular flexibility index (Phi) is 7.33. The first-order chi connectivity index (χ1) is 19.0. The summed E-state index contributed by atoms with van der Waals surface area (Å²) in [5, 5.41) is 11.0. The van der Waals surface area contributed by atoms with Crippen LogP contribution >= 0.6 is 23.2 Å². The molecule has 0 atom stereocenters. The van der Waals surface area contributed by atoms with E-state index in [2.05, 4.69) is 25.5 Å². The molecule has 5 rings (SSSR count). The molecule has 17 heteroatoms. The van der Waals surface area contributed by atoms with Crippen LogP contribution in [0.2, 0.25) is 10.0 Å². The molecule has 0 radical (unpaired) electrons. The van der Waals surface area contributed by atoms with Crippen molar-refractivity contribution in [1.82, 2.24) is 38.7 Å². The molecule has 0 spiro atoms. The minimum absolute atomic E-state index is 0.0634. The Balaban J connectivity index is 1.61. The Hall–Kier alpha value is -4.24. The molecule has 0 fully saturated rings. The summed E-state index contributed by atoms with van der Waals surface area (Å²) in [6, 6.07) is 4.44.